The lowest BCUT2D eigenvalue weighted by molar-refractivity contribution is -0.134. The maximum absolute atomic E-state index is 11.7. The third-order valence-corrected chi connectivity index (χ3v) is 3.18. The molecule has 0 saturated carbocycles. The molecule has 0 spiro atoms. The minimum absolute atomic E-state index is 0.209. The number of aryl methyl sites for hydroxylation is 1. The first-order chi connectivity index (χ1) is 10.6. The Bertz CT molecular complexity index is 652. The number of benzene rings is 1. The zero-order valence-electron chi connectivity index (χ0n) is 12.1. The zero-order valence-corrected chi connectivity index (χ0v) is 12.9. The van der Waals surface area contributed by atoms with Crippen LogP contribution in [0.5, 0.6) is 5.75 Å². The van der Waals surface area contributed by atoms with Crippen molar-refractivity contribution in [2.45, 2.75) is 19.8 Å². The molecule has 0 saturated heterocycles. The van der Waals surface area contributed by atoms with Crippen LogP contribution < -0.4 is 10.1 Å². The molecule has 5 nitrogen and oxygen atoms in total. The fourth-order valence-corrected chi connectivity index (χ4v) is 2.06. The monoisotopic (exact) mass is 321 g/mol. The summed E-state index contributed by atoms with van der Waals surface area (Å²) in [7, 11) is 0. The molecule has 116 valence electrons. The van der Waals surface area contributed by atoms with Crippen LogP contribution in [-0.4, -0.2) is 18.4 Å². The van der Waals surface area contributed by atoms with Gasteiger partial charge in [0.05, 0.1) is 6.26 Å². The molecule has 0 bridgehead atoms. The predicted octanol–water partition coefficient (Wildman–Crippen LogP) is 3.36. The minimum Gasteiger partial charge on any atom is -0.459 e. The van der Waals surface area contributed by atoms with Gasteiger partial charge in [-0.3, -0.25) is 9.59 Å². The molecule has 2 aromatic rings. The van der Waals surface area contributed by atoms with Gasteiger partial charge in [-0.15, -0.1) is 0 Å². The quantitative estimate of drug-likeness (QED) is 0.503. The Balaban J connectivity index is 1.71. The lowest BCUT2D eigenvalue weighted by Crippen LogP contribution is -2.24. The van der Waals surface area contributed by atoms with Crippen molar-refractivity contribution in [1.82, 2.24) is 5.32 Å². The Hall–Kier alpha value is -2.27. The molecular formula is C16H16ClNO4. The number of carbonyl (C=O) groups is 2. The summed E-state index contributed by atoms with van der Waals surface area (Å²) in [5.74, 6) is 0.0953. The number of halogens is 1. The zero-order chi connectivity index (χ0) is 15.9. The van der Waals surface area contributed by atoms with Gasteiger partial charge in [-0.1, -0.05) is 11.6 Å². The molecule has 1 amide bonds. The van der Waals surface area contributed by atoms with Gasteiger partial charge in [-0.25, -0.2) is 0 Å². The first-order valence-corrected chi connectivity index (χ1v) is 7.22. The van der Waals surface area contributed by atoms with Crippen molar-refractivity contribution < 1.29 is 18.7 Å². The van der Waals surface area contributed by atoms with Gasteiger partial charge in [0.15, 0.2) is 5.76 Å². The Kier molecular flexibility index (Phi) is 5.61. The van der Waals surface area contributed by atoms with Gasteiger partial charge in [0.1, 0.15) is 5.75 Å². The minimum atomic E-state index is -0.349. The van der Waals surface area contributed by atoms with E-state index in [2.05, 4.69) is 5.32 Å². The largest absolute Gasteiger partial charge is 0.459 e. The topological polar surface area (TPSA) is 68.5 Å². The van der Waals surface area contributed by atoms with E-state index in [1.54, 1.807) is 30.3 Å². The van der Waals surface area contributed by atoms with E-state index in [-0.39, 0.29) is 24.1 Å². The molecule has 1 aromatic carbocycles. The second kappa shape index (κ2) is 7.66. The van der Waals surface area contributed by atoms with Crippen molar-refractivity contribution in [3.05, 3.63) is 52.9 Å². The lowest BCUT2D eigenvalue weighted by atomic mass is 10.2. The van der Waals surface area contributed by atoms with Gasteiger partial charge >= 0.3 is 5.97 Å². The molecule has 0 radical (unpaired) electrons. The van der Waals surface area contributed by atoms with Crippen molar-refractivity contribution >= 4 is 23.5 Å². The summed E-state index contributed by atoms with van der Waals surface area (Å²) in [5, 5.41) is 3.26. The molecular weight excluding hydrogens is 306 g/mol. The smallest absolute Gasteiger partial charge is 0.311 e. The molecule has 1 N–H and O–H groups in total. The van der Waals surface area contributed by atoms with Gasteiger partial charge in [0.25, 0.3) is 5.91 Å². The third-order valence-electron chi connectivity index (χ3n) is 2.95. The van der Waals surface area contributed by atoms with Gasteiger partial charge in [-0.05, 0) is 49.2 Å². The average Bonchev–Trinajstić information content (AvgIpc) is 3.01. The summed E-state index contributed by atoms with van der Waals surface area (Å²) in [5.41, 5.74) is 0.798. The van der Waals surface area contributed by atoms with Crippen molar-refractivity contribution in [3.63, 3.8) is 0 Å². The summed E-state index contributed by atoms with van der Waals surface area (Å²) in [6.07, 6.45) is 2.12. The van der Waals surface area contributed by atoms with E-state index in [1.165, 1.54) is 6.26 Å². The van der Waals surface area contributed by atoms with Gasteiger partial charge in [0.2, 0.25) is 0 Å². The molecule has 0 aliphatic heterocycles. The van der Waals surface area contributed by atoms with E-state index in [0.717, 1.165) is 5.56 Å². The number of hydrogen-bond acceptors (Lipinski definition) is 4. The number of hydrogen-bond donors (Lipinski definition) is 1. The Labute approximate surface area is 133 Å². The van der Waals surface area contributed by atoms with Gasteiger partial charge < -0.3 is 14.5 Å². The Morgan fingerprint density at radius 3 is 2.82 bits per heavy atom. The SMILES string of the molecule is Cc1cc(Cl)ccc1OC(=O)CCCNC(=O)c1ccco1. The molecule has 1 heterocycles. The summed E-state index contributed by atoms with van der Waals surface area (Å²) >= 11 is 5.84. The second-order valence-electron chi connectivity index (χ2n) is 4.72. The molecule has 2 rings (SSSR count). The van der Waals surface area contributed by atoms with Crippen LogP contribution in [0.2, 0.25) is 5.02 Å². The van der Waals surface area contributed by atoms with E-state index in [1.807, 2.05) is 6.92 Å². The van der Waals surface area contributed by atoms with Crippen molar-refractivity contribution in [2.24, 2.45) is 0 Å². The summed E-state index contributed by atoms with van der Waals surface area (Å²) < 4.78 is 10.2. The van der Waals surface area contributed by atoms with Crippen LogP contribution in [-0.2, 0) is 4.79 Å². The van der Waals surface area contributed by atoms with E-state index in [9.17, 15) is 9.59 Å². The summed E-state index contributed by atoms with van der Waals surface area (Å²) in [4.78, 5) is 23.3. The molecule has 0 aliphatic carbocycles. The number of furan rings is 1. The number of esters is 1. The maximum Gasteiger partial charge on any atom is 0.311 e. The first-order valence-electron chi connectivity index (χ1n) is 6.85. The van der Waals surface area contributed by atoms with Crippen molar-refractivity contribution in [3.8, 4) is 5.75 Å². The Morgan fingerprint density at radius 1 is 1.32 bits per heavy atom. The molecule has 0 aliphatic rings. The summed E-state index contributed by atoms with van der Waals surface area (Å²) in [6.45, 7) is 2.19. The highest BCUT2D eigenvalue weighted by Gasteiger charge is 2.10. The molecule has 6 heteroatoms. The number of rotatable bonds is 6. The van der Waals surface area contributed by atoms with E-state index >= 15 is 0 Å². The molecule has 22 heavy (non-hydrogen) atoms. The van der Waals surface area contributed by atoms with Gasteiger partial charge in [-0.2, -0.15) is 0 Å². The molecule has 0 fully saturated rings. The number of nitrogens with one attached hydrogen (secondary N) is 1. The normalized spacial score (nSPS) is 10.3. The highest BCUT2D eigenvalue weighted by molar-refractivity contribution is 6.30. The van der Waals surface area contributed by atoms with E-state index < -0.39 is 0 Å². The molecule has 1 aromatic heterocycles. The predicted molar refractivity (Wildman–Crippen MR) is 82.1 cm³/mol. The van der Waals surface area contributed by atoms with Crippen LogP contribution in [0.25, 0.3) is 0 Å². The first kappa shape index (κ1) is 16.1. The fraction of sp³-hybridized carbons (Fsp3) is 0.250. The van der Waals surface area contributed by atoms with Crippen LogP contribution in [0.15, 0.2) is 41.0 Å². The highest BCUT2D eigenvalue weighted by atomic mass is 35.5. The molecule has 0 atom stereocenters. The number of ether oxygens (including phenoxy) is 1. The summed E-state index contributed by atoms with van der Waals surface area (Å²) in [6, 6.07) is 8.27. The Morgan fingerprint density at radius 2 is 2.14 bits per heavy atom. The number of amides is 1. The van der Waals surface area contributed by atoms with E-state index in [4.69, 9.17) is 20.8 Å². The van der Waals surface area contributed by atoms with Crippen molar-refractivity contribution in [1.29, 1.82) is 0 Å². The van der Waals surface area contributed by atoms with Gasteiger partial charge in [0, 0.05) is 18.0 Å². The average molecular weight is 322 g/mol. The van der Waals surface area contributed by atoms with E-state index in [0.29, 0.717) is 23.7 Å². The van der Waals surface area contributed by atoms with Crippen LogP contribution in [0.1, 0.15) is 29.0 Å². The lowest BCUT2D eigenvalue weighted by Gasteiger charge is -2.08. The fourth-order valence-electron chi connectivity index (χ4n) is 1.83. The van der Waals surface area contributed by atoms with Crippen LogP contribution in [0, 0.1) is 6.92 Å². The third kappa shape index (κ3) is 4.63. The second-order valence-corrected chi connectivity index (χ2v) is 5.16. The van der Waals surface area contributed by atoms with Crippen molar-refractivity contribution in [2.75, 3.05) is 6.54 Å². The standard InChI is InChI=1S/C16H16ClNO4/c1-11-10-12(17)6-7-13(11)22-15(19)5-2-8-18-16(20)14-4-3-9-21-14/h3-4,6-7,9-10H,2,5,8H2,1H3,(H,18,20). The maximum atomic E-state index is 11.7. The van der Waals surface area contributed by atoms with Crippen LogP contribution in [0.4, 0.5) is 0 Å². The highest BCUT2D eigenvalue weighted by Crippen LogP contribution is 2.22. The molecule has 0 unspecified atom stereocenters. The van der Waals surface area contributed by atoms with Crippen LogP contribution >= 0.6 is 11.6 Å². The number of carbonyl (C=O) groups excluding carboxylic acids is 2. The van der Waals surface area contributed by atoms with Crippen LogP contribution in [0.3, 0.4) is 0 Å².